The van der Waals surface area contributed by atoms with E-state index in [1.807, 2.05) is 25.1 Å². The van der Waals surface area contributed by atoms with E-state index in [0.29, 0.717) is 0 Å². The molecule has 2 rings (SSSR count). The molecule has 1 aromatic rings. The smallest absolute Gasteiger partial charge is 0.251 e. The van der Waals surface area contributed by atoms with Crippen LogP contribution >= 0.6 is 15.9 Å². The molecule has 1 fully saturated rings. The highest BCUT2D eigenvalue weighted by Gasteiger charge is 2.11. The molecule has 98 valence electrons. The molecular formula is C14H19BrN2O. The van der Waals surface area contributed by atoms with E-state index in [-0.39, 0.29) is 5.91 Å². The van der Waals surface area contributed by atoms with E-state index in [2.05, 4.69) is 26.1 Å². The molecule has 1 aromatic carbocycles. The molecule has 0 aromatic heterocycles. The Labute approximate surface area is 117 Å². The number of nitrogens with one attached hydrogen (secondary N) is 1. The number of hydrogen-bond donors (Lipinski definition) is 1. The van der Waals surface area contributed by atoms with Crippen LogP contribution in [0, 0.1) is 6.92 Å². The molecule has 1 saturated heterocycles. The van der Waals surface area contributed by atoms with Crippen LogP contribution in [0.5, 0.6) is 0 Å². The van der Waals surface area contributed by atoms with Crippen LogP contribution in [0.2, 0.25) is 0 Å². The van der Waals surface area contributed by atoms with Crippen LogP contribution in [0.1, 0.15) is 28.8 Å². The molecule has 0 spiro atoms. The van der Waals surface area contributed by atoms with Crippen molar-refractivity contribution in [3.63, 3.8) is 0 Å². The van der Waals surface area contributed by atoms with E-state index in [9.17, 15) is 4.79 Å². The van der Waals surface area contributed by atoms with Gasteiger partial charge in [0.05, 0.1) is 0 Å². The molecular weight excluding hydrogens is 292 g/mol. The van der Waals surface area contributed by atoms with Gasteiger partial charge in [0.25, 0.3) is 5.91 Å². The van der Waals surface area contributed by atoms with Gasteiger partial charge in [0, 0.05) is 23.1 Å². The molecule has 0 radical (unpaired) electrons. The predicted octanol–water partition coefficient (Wildman–Crippen LogP) is 2.58. The Morgan fingerprint density at radius 3 is 2.78 bits per heavy atom. The van der Waals surface area contributed by atoms with E-state index < -0.39 is 0 Å². The molecule has 1 amide bonds. The van der Waals surface area contributed by atoms with Crippen LogP contribution in [-0.4, -0.2) is 37.0 Å². The van der Waals surface area contributed by atoms with Gasteiger partial charge in [-0.25, -0.2) is 0 Å². The summed E-state index contributed by atoms with van der Waals surface area (Å²) >= 11 is 3.44. The summed E-state index contributed by atoms with van der Waals surface area (Å²) in [5.41, 5.74) is 1.82. The first-order chi connectivity index (χ1) is 8.66. The molecule has 18 heavy (non-hydrogen) atoms. The molecule has 3 nitrogen and oxygen atoms in total. The highest BCUT2D eigenvalue weighted by atomic mass is 79.9. The second-order valence-corrected chi connectivity index (χ2v) is 5.62. The van der Waals surface area contributed by atoms with Gasteiger partial charge >= 0.3 is 0 Å². The first kappa shape index (κ1) is 13.6. The first-order valence-electron chi connectivity index (χ1n) is 6.43. The number of likely N-dealkylation sites (tertiary alicyclic amines) is 1. The van der Waals surface area contributed by atoms with Crippen molar-refractivity contribution >= 4 is 21.8 Å². The zero-order valence-electron chi connectivity index (χ0n) is 10.7. The Bertz CT molecular complexity index is 428. The number of carbonyl (C=O) groups excluding carboxylic acids is 1. The van der Waals surface area contributed by atoms with E-state index in [1.54, 1.807) is 0 Å². The average Bonchev–Trinajstić information content (AvgIpc) is 2.85. The van der Waals surface area contributed by atoms with Gasteiger partial charge in [-0.2, -0.15) is 0 Å². The molecule has 1 heterocycles. The highest BCUT2D eigenvalue weighted by molar-refractivity contribution is 9.10. The summed E-state index contributed by atoms with van der Waals surface area (Å²) in [4.78, 5) is 14.3. The number of rotatable bonds is 4. The quantitative estimate of drug-likeness (QED) is 0.927. The maximum absolute atomic E-state index is 11.9. The summed E-state index contributed by atoms with van der Waals surface area (Å²) in [6.07, 6.45) is 2.58. The van der Waals surface area contributed by atoms with Crippen molar-refractivity contribution in [2.45, 2.75) is 19.8 Å². The van der Waals surface area contributed by atoms with Crippen LogP contribution < -0.4 is 5.32 Å². The number of carbonyl (C=O) groups is 1. The minimum absolute atomic E-state index is 0.0183. The van der Waals surface area contributed by atoms with Crippen molar-refractivity contribution in [3.05, 3.63) is 33.8 Å². The van der Waals surface area contributed by atoms with Gasteiger partial charge in [0.15, 0.2) is 0 Å². The maximum Gasteiger partial charge on any atom is 0.251 e. The number of halogens is 1. The van der Waals surface area contributed by atoms with Crippen molar-refractivity contribution in [3.8, 4) is 0 Å². The molecule has 1 N–H and O–H groups in total. The second-order valence-electron chi connectivity index (χ2n) is 4.77. The number of amides is 1. The third-order valence-electron chi connectivity index (χ3n) is 3.33. The Kier molecular flexibility index (Phi) is 4.78. The van der Waals surface area contributed by atoms with Crippen LogP contribution in [0.15, 0.2) is 22.7 Å². The third-order valence-corrected chi connectivity index (χ3v) is 4.22. The summed E-state index contributed by atoms with van der Waals surface area (Å²) < 4.78 is 1.04. The maximum atomic E-state index is 11.9. The number of benzene rings is 1. The fraction of sp³-hybridized carbons (Fsp3) is 0.500. The SMILES string of the molecule is Cc1cc(C(=O)NCCN2CCCC2)ccc1Br. The largest absolute Gasteiger partial charge is 0.351 e. The van der Waals surface area contributed by atoms with Gasteiger partial charge in [-0.15, -0.1) is 0 Å². The van der Waals surface area contributed by atoms with E-state index in [4.69, 9.17) is 0 Å². The number of nitrogens with zero attached hydrogens (tertiary/aromatic N) is 1. The topological polar surface area (TPSA) is 32.3 Å². The van der Waals surface area contributed by atoms with E-state index >= 15 is 0 Å². The first-order valence-corrected chi connectivity index (χ1v) is 7.23. The Hall–Kier alpha value is -0.870. The van der Waals surface area contributed by atoms with Gasteiger partial charge in [-0.3, -0.25) is 4.79 Å². The zero-order chi connectivity index (χ0) is 13.0. The molecule has 0 unspecified atom stereocenters. The second kappa shape index (κ2) is 6.34. The van der Waals surface area contributed by atoms with Crippen LogP contribution in [0.4, 0.5) is 0 Å². The van der Waals surface area contributed by atoms with Crippen molar-refractivity contribution < 1.29 is 4.79 Å². The molecule has 4 heteroatoms. The van der Waals surface area contributed by atoms with Gasteiger partial charge in [0.2, 0.25) is 0 Å². The average molecular weight is 311 g/mol. The summed E-state index contributed by atoms with van der Waals surface area (Å²) in [7, 11) is 0. The fourth-order valence-corrected chi connectivity index (χ4v) is 2.47. The van der Waals surface area contributed by atoms with Gasteiger partial charge in [0.1, 0.15) is 0 Å². The van der Waals surface area contributed by atoms with Gasteiger partial charge < -0.3 is 10.2 Å². The minimum atomic E-state index is 0.0183. The monoisotopic (exact) mass is 310 g/mol. The number of aryl methyl sites for hydroxylation is 1. The fourth-order valence-electron chi connectivity index (χ4n) is 2.22. The Morgan fingerprint density at radius 2 is 2.11 bits per heavy atom. The van der Waals surface area contributed by atoms with Crippen LogP contribution in [0.3, 0.4) is 0 Å². The molecule has 0 bridgehead atoms. The molecule has 1 aliphatic heterocycles. The Balaban J connectivity index is 1.81. The summed E-state index contributed by atoms with van der Waals surface area (Å²) in [5.74, 6) is 0.0183. The summed E-state index contributed by atoms with van der Waals surface area (Å²) in [6.45, 7) is 6.03. The van der Waals surface area contributed by atoms with E-state index in [0.717, 1.165) is 28.7 Å². The van der Waals surface area contributed by atoms with Crippen molar-refractivity contribution in [2.75, 3.05) is 26.2 Å². The van der Waals surface area contributed by atoms with Crippen molar-refractivity contribution in [1.82, 2.24) is 10.2 Å². The summed E-state index contributed by atoms with van der Waals surface area (Å²) in [6, 6.07) is 5.68. The van der Waals surface area contributed by atoms with Crippen molar-refractivity contribution in [1.29, 1.82) is 0 Å². The van der Waals surface area contributed by atoms with Gasteiger partial charge in [-0.05, 0) is 56.6 Å². The minimum Gasteiger partial charge on any atom is -0.351 e. The van der Waals surface area contributed by atoms with Gasteiger partial charge in [-0.1, -0.05) is 15.9 Å². The lowest BCUT2D eigenvalue weighted by Crippen LogP contribution is -2.33. The standard InChI is InChI=1S/C14H19BrN2O/c1-11-10-12(4-5-13(11)15)14(18)16-6-9-17-7-2-3-8-17/h4-5,10H,2-3,6-9H2,1H3,(H,16,18). The predicted molar refractivity (Wildman–Crippen MR) is 76.9 cm³/mol. The molecule has 0 aliphatic carbocycles. The van der Waals surface area contributed by atoms with Crippen LogP contribution in [0.25, 0.3) is 0 Å². The van der Waals surface area contributed by atoms with Crippen LogP contribution in [-0.2, 0) is 0 Å². The Morgan fingerprint density at radius 1 is 1.39 bits per heavy atom. The highest BCUT2D eigenvalue weighted by Crippen LogP contribution is 2.16. The lowest BCUT2D eigenvalue weighted by molar-refractivity contribution is 0.0949. The van der Waals surface area contributed by atoms with Crippen molar-refractivity contribution in [2.24, 2.45) is 0 Å². The normalized spacial score (nSPS) is 15.9. The lowest BCUT2D eigenvalue weighted by atomic mass is 10.1. The summed E-state index contributed by atoms with van der Waals surface area (Å²) in [5, 5.41) is 2.98. The molecule has 0 saturated carbocycles. The number of hydrogen-bond acceptors (Lipinski definition) is 2. The molecule has 1 aliphatic rings. The van der Waals surface area contributed by atoms with E-state index in [1.165, 1.54) is 25.9 Å². The molecule has 0 atom stereocenters. The third kappa shape index (κ3) is 3.56. The lowest BCUT2D eigenvalue weighted by Gasteiger charge is -2.14. The zero-order valence-corrected chi connectivity index (χ0v) is 12.3.